The molecule has 0 aliphatic carbocycles. The zero-order valence-corrected chi connectivity index (χ0v) is 14.6. The van der Waals surface area contributed by atoms with Crippen LogP contribution >= 0.6 is 0 Å². The zero-order valence-electron chi connectivity index (χ0n) is 14.6. The Kier molecular flexibility index (Phi) is 5.68. The molecular weight excluding hydrogens is 312 g/mol. The summed E-state index contributed by atoms with van der Waals surface area (Å²) < 4.78 is 21.1. The highest BCUT2D eigenvalue weighted by atomic mass is 16.5. The van der Waals surface area contributed by atoms with Crippen molar-refractivity contribution in [1.82, 2.24) is 10.5 Å². The number of methoxy groups -OCH3 is 3. The first-order valence-corrected chi connectivity index (χ1v) is 7.57. The van der Waals surface area contributed by atoms with Crippen molar-refractivity contribution < 1.29 is 23.5 Å². The summed E-state index contributed by atoms with van der Waals surface area (Å²) in [6.07, 6.45) is 0.620. The molecule has 1 aromatic heterocycles. The van der Waals surface area contributed by atoms with Gasteiger partial charge in [-0.2, -0.15) is 0 Å². The fraction of sp³-hybridized carbons (Fsp3) is 0.412. The van der Waals surface area contributed by atoms with Gasteiger partial charge in [0.25, 0.3) is 5.91 Å². The smallest absolute Gasteiger partial charge is 0.257 e. The number of carbonyl (C=O) groups excluding carboxylic acids is 1. The van der Waals surface area contributed by atoms with Gasteiger partial charge in [-0.15, -0.1) is 0 Å². The van der Waals surface area contributed by atoms with Gasteiger partial charge in [-0.1, -0.05) is 12.1 Å². The maximum atomic E-state index is 12.5. The van der Waals surface area contributed by atoms with Gasteiger partial charge in [0, 0.05) is 12.1 Å². The number of hydrogen-bond donors (Lipinski definition) is 1. The molecule has 1 amide bonds. The van der Waals surface area contributed by atoms with Crippen molar-refractivity contribution in [2.75, 3.05) is 21.3 Å². The average Bonchev–Trinajstić information content (AvgIpc) is 2.99. The number of benzene rings is 1. The summed E-state index contributed by atoms with van der Waals surface area (Å²) in [6, 6.07) is 3.48. The Hall–Kier alpha value is -2.70. The van der Waals surface area contributed by atoms with Crippen molar-refractivity contribution in [2.24, 2.45) is 0 Å². The van der Waals surface area contributed by atoms with E-state index in [1.807, 2.05) is 6.92 Å². The predicted octanol–water partition coefficient (Wildman–Crippen LogP) is 2.50. The summed E-state index contributed by atoms with van der Waals surface area (Å²) in [6.45, 7) is 3.88. The van der Waals surface area contributed by atoms with Gasteiger partial charge in [0.2, 0.25) is 0 Å². The number of amides is 1. The van der Waals surface area contributed by atoms with Crippen LogP contribution in [0.4, 0.5) is 0 Å². The van der Waals surface area contributed by atoms with Crippen molar-refractivity contribution >= 4 is 5.91 Å². The number of ether oxygens (including phenoxy) is 3. The number of nitrogens with one attached hydrogen (secondary N) is 1. The van der Waals surface area contributed by atoms with E-state index in [1.54, 1.807) is 40.4 Å². The van der Waals surface area contributed by atoms with Gasteiger partial charge in [0.1, 0.15) is 28.6 Å². The molecule has 0 aliphatic heterocycles. The number of nitrogens with zero attached hydrogens (tertiary/aromatic N) is 1. The minimum absolute atomic E-state index is 0.239. The maximum Gasteiger partial charge on any atom is 0.257 e. The van der Waals surface area contributed by atoms with E-state index >= 15 is 0 Å². The molecule has 1 heterocycles. The summed E-state index contributed by atoms with van der Waals surface area (Å²) in [7, 11) is 4.67. The summed E-state index contributed by atoms with van der Waals surface area (Å²) in [5.74, 6) is 2.01. The van der Waals surface area contributed by atoms with E-state index in [1.165, 1.54) is 0 Å². The number of aromatic nitrogens is 1. The van der Waals surface area contributed by atoms with E-state index in [4.69, 9.17) is 18.7 Å². The second-order valence-corrected chi connectivity index (χ2v) is 5.11. The van der Waals surface area contributed by atoms with Crippen LogP contribution in [-0.4, -0.2) is 32.4 Å². The molecule has 1 N–H and O–H groups in total. The molecule has 0 bridgehead atoms. The van der Waals surface area contributed by atoms with E-state index < -0.39 is 0 Å². The van der Waals surface area contributed by atoms with E-state index in [9.17, 15) is 4.79 Å². The summed E-state index contributed by atoms with van der Waals surface area (Å²) in [4.78, 5) is 12.5. The van der Waals surface area contributed by atoms with Gasteiger partial charge in [0.15, 0.2) is 0 Å². The Balaban J connectivity index is 2.25. The molecule has 0 aliphatic rings. The quantitative estimate of drug-likeness (QED) is 0.838. The molecule has 24 heavy (non-hydrogen) atoms. The number of hydrogen-bond acceptors (Lipinski definition) is 6. The normalized spacial score (nSPS) is 10.4. The first kappa shape index (κ1) is 17.7. The Morgan fingerprint density at radius 3 is 2.29 bits per heavy atom. The summed E-state index contributed by atoms with van der Waals surface area (Å²) in [5.41, 5.74) is 1.84. The van der Waals surface area contributed by atoms with Crippen LogP contribution in [0.5, 0.6) is 17.2 Å². The Morgan fingerprint density at radius 1 is 1.17 bits per heavy atom. The van der Waals surface area contributed by atoms with Crippen LogP contribution in [0.1, 0.15) is 34.3 Å². The number of aryl methyl sites for hydroxylation is 2. The maximum absolute atomic E-state index is 12.5. The molecule has 0 fully saturated rings. The van der Waals surface area contributed by atoms with Gasteiger partial charge < -0.3 is 24.1 Å². The molecule has 1 aromatic carbocycles. The fourth-order valence-corrected chi connectivity index (χ4v) is 2.46. The van der Waals surface area contributed by atoms with Crippen molar-refractivity contribution in [1.29, 1.82) is 0 Å². The highest BCUT2D eigenvalue weighted by Gasteiger charge is 2.20. The van der Waals surface area contributed by atoms with Gasteiger partial charge >= 0.3 is 0 Å². The molecular formula is C17H22N2O5. The molecule has 2 rings (SSSR count). The first-order valence-electron chi connectivity index (χ1n) is 7.57. The number of rotatable bonds is 7. The van der Waals surface area contributed by atoms with Gasteiger partial charge in [-0.05, 0) is 13.3 Å². The minimum Gasteiger partial charge on any atom is -0.496 e. The molecule has 7 nitrogen and oxygen atoms in total. The third-order valence-corrected chi connectivity index (χ3v) is 3.74. The zero-order chi connectivity index (χ0) is 17.7. The highest BCUT2D eigenvalue weighted by molar-refractivity contribution is 5.96. The SMILES string of the molecule is CCc1noc(C)c1C(=O)NCc1c(OC)cc(OC)cc1OC. The molecule has 7 heteroatoms. The van der Waals surface area contributed by atoms with Crippen LogP contribution in [0.3, 0.4) is 0 Å². The second-order valence-electron chi connectivity index (χ2n) is 5.11. The largest absolute Gasteiger partial charge is 0.496 e. The highest BCUT2D eigenvalue weighted by Crippen LogP contribution is 2.34. The molecule has 0 spiro atoms. The van der Waals surface area contributed by atoms with Gasteiger partial charge in [-0.3, -0.25) is 4.79 Å². The standard InChI is InChI=1S/C17H22N2O5/c1-6-13-16(10(2)24-19-13)17(20)18-9-12-14(22-4)7-11(21-3)8-15(12)23-5/h7-8H,6,9H2,1-5H3,(H,18,20). The van der Waals surface area contributed by atoms with Crippen molar-refractivity contribution in [3.63, 3.8) is 0 Å². The van der Waals surface area contributed by atoms with E-state index in [0.717, 1.165) is 5.56 Å². The van der Waals surface area contributed by atoms with E-state index in [-0.39, 0.29) is 12.5 Å². The minimum atomic E-state index is -0.245. The molecule has 0 atom stereocenters. The van der Waals surface area contributed by atoms with Crippen LogP contribution in [0, 0.1) is 6.92 Å². The van der Waals surface area contributed by atoms with Crippen LogP contribution < -0.4 is 19.5 Å². The Bertz CT molecular complexity index is 699. The Labute approximate surface area is 140 Å². The van der Waals surface area contributed by atoms with Gasteiger partial charge in [-0.25, -0.2) is 0 Å². The molecule has 2 aromatic rings. The topological polar surface area (TPSA) is 82.8 Å². The van der Waals surface area contributed by atoms with E-state index in [0.29, 0.717) is 40.7 Å². The second kappa shape index (κ2) is 7.72. The molecule has 0 unspecified atom stereocenters. The van der Waals surface area contributed by atoms with Crippen molar-refractivity contribution in [3.8, 4) is 17.2 Å². The van der Waals surface area contributed by atoms with Crippen molar-refractivity contribution in [2.45, 2.75) is 26.8 Å². The van der Waals surface area contributed by atoms with Crippen molar-refractivity contribution in [3.05, 3.63) is 34.7 Å². The number of carbonyl (C=O) groups is 1. The molecule has 0 saturated carbocycles. The predicted molar refractivity (Wildman–Crippen MR) is 87.9 cm³/mol. The first-order chi connectivity index (χ1) is 11.5. The summed E-state index contributed by atoms with van der Waals surface area (Å²) in [5, 5.41) is 6.76. The third-order valence-electron chi connectivity index (χ3n) is 3.74. The third kappa shape index (κ3) is 3.45. The lowest BCUT2D eigenvalue weighted by atomic mass is 10.1. The van der Waals surface area contributed by atoms with Gasteiger partial charge in [0.05, 0.1) is 39.1 Å². The lowest BCUT2D eigenvalue weighted by Gasteiger charge is -2.15. The van der Waals surface area contributed by atoms with Crippen LogP contribution in [-0.2, 0) is 13.0 Å². The molecule has 0 saturated heterocycles. The molecule has 130 valence electrons. The van der Waals surface area contributed by atoms with Crippen LogP contribution in [0.15, 0.2) is 16.7 Å². The average molecular weight is 334 g/mol. The fourth-order valence-electron chi connectivity index (χ4n) is 2.46. The van der Waals surface area contributed by atoms with Crippen LogP contribution in [0.25, 0.3) is 0 Å². The van der Waals surface area contributed by atoms with E-state index in [2.05, 4.69) is 10.5 Å². The monoisotopic (exact) mass is 334 g/mol. The van der Waals surface area contributed by atoms with Crippen LogP contribution in [0.2, 0.25) is 0 Å². The lowest BCUT2D eigenvalue weighted by molar-refractivity contribution is 0.0948. The molecule has 0 radical (unpaired) electrons. The Morgan fingerprint density at radius 2 is 1.79 bits per heavy atom. The lowest BCUT2D eigenvalue weighted by Crippen LogP contribution is -2.24. The summed E-state index contributed by atoms with van der Waals surface area (Å²) >= 11 is 0.